The maximum Gasteiger partial charge on any atom is 0.434 e. The van der Waals surface area contributed by atoms with Crippen LogP contribution in [-0.2, 0) is 12.6 Å². The Labute approximate surface area is 148 Å². The third-order valence-corrected chi connectivity index (χ3v) is 4.92. The Balaban J connectivity index is 1.75. The fourth-order valence-electron chi connectivity index (χ4n) is 2.73. The number of hydrogen-bond acceptors (Lipinski definition) is 5. The lowest BCUT2D eigenvalue weighted by Gasteiger charge is -2.40. The molecule has 2 heterocycles. The van der Waals surface area contributed by atoms with Crippen LogP contribution in [0, 0.1) is 0 Å². The molecule has 1 aromatic heterocycles. The van der Waals surface area contributed by atoms with E-state index in [1.165, 1.54) is 0 Å². The fraction of sp³-hybridized carbons (Fsp3) is 0.733. The lowest BCUT2D eigenvalue weighted by atomic mass is 10.2. The maximum absolute atomic E-state index is 12.5. The van der Waals surface area contributed by atoms with Gasteiger partial charge >= 0.3 is 12.2 Å². The minimum atomic E-state index is -4.43. The van der Waals surface area contributed by atoms with Crippen LogP contribution < -0.4 is 5.32 Å². The summed E-state index contributed by atoms with van der Waals surface area (Å²) in [7, 11) is 0. The van der Waals surface area contributed by atoms with E-state index in [0.717, 1.165) is 16.7 Å². The van der Waals surface area contributed by atoms with Crippen LogP contribution in [0.15, 0.2) is 5.38 Å². The second-order valence-electron chi connectivity index (χ2n) is 6.25. The molecule has 1 saturated heterocycles. The molecule has 1 aromatic rings. The van der Waals surface area contributed by atoms with Gasteiger partial charge in [-0.05, 0) is 13.8 Å². The molecule has 0 aromatic carbocycles. The Bertz CT molecular complexity index is 579. The number of aliphatic hydroxyl groups excluding tert-OH is 1. The van der Waals surface area contributed by atoms with Gasteiger partial charge in [-0.2, -0.15) is 13.2 Å². The monoisotopic (exact) mass is 380 g/mol. The van der Waals surface area contributed by atoms with Gasteiger partial charge in [-0.15, -0.1) is 11.3 Å². The normalized spacial score (nSPS) is 20.6. The summed E-state index contributed by atoms with van der Waals surface area (Å²) in [5.41, 5.74) is -0.887. The van der Waals surface area contributed by atoms with E-state index in [4.69, 9.17) is 0 Å². The summed E-state index contributed by atoms with van der Waals surface area (Å²) in [4.78, 5) is 19.5. The molecule has 2 atom stereocenters. The Morgan fingerprint density at radius 1 is 1.52 bits per heavy atom. The molecule has 2 N–H and O–H groups in total. The molecular weight excluding hydrogens is 357 g/mol. The molecule has 6 nitrogen and oxygen atoms in total. The van der Waals surface area contributed by atoms with Crippen molar-refractivity contribution in [2.24, 2.45) is 0 Å². The quantitative estimate of drug-likeness (QED) is 0.817. The molecule has 0 bridgehead atoms. The van der Waals surface area contributed by atoms with Crippen LogP contribution >= 0.6 is 11.3 Å². The largest absolute Gasteiger partial charge is 0.434 e. The second-order valence-corrected chi connectivity index (χ2v) is 7.19. The van der Waals surface area contributed by atoms with Crippen molar-refractivity contribution >= 4 is 17.4 Å². The van der Waals surface area contributed by atoms with Crippen molar-refractivity contribution in [1.29, 1.82) is 0 Å². The van der Waals surface area contributed by atoms with Gasteiger partial charge in [0.25, 0.3) is 0 Å². The zero-order valence-electron chi connectivity index (χ0n) is 14.2. The molecule has 1 aliphatic heterocycles. The molecule has 25 heavy (non-hydrogen) atoms. The van der Waals surface area contributed by atoms with Crippen molar-refractivity contribution in [2.45, 2.75) is 38.6 Å². The third kappa shape index (κ3) is 5.82. The number of carbonyl (C=O) groups excluding carboxylic acids is 1. The number of nitrogens with one attached hydrogen (secondary N) is 1. The van der Waals surface area contributed by atoms with Crippen LogP contribution in [-0.4, -0.2) is 70.8 Å². The number of amides is 2. The molecule has 1 aliphatic rings. The number of β-amino-alcohol motifs (C(OH)–C–C–N with tert-alkyl or cyclic N) is 1. The van der Waals surface area contributed by atoms with Crippen molar-refractivity contribution in [3.05, 3.63) is 16.1 Å². The van der Waals surface area contributed by atoms with Crippen LogP contribution in [0.5, 0.6) is 0 Å². The molecule has 0 radical (unpaired) electrons. The number of aliphatic hydroxyl groups is 1. The number of aromatic nitrogens is 1. The summed E-state index contributed by atoms with van der Waals surface area (Å²) in [6.45, 7) is 6.33. The molecule has 0 aliphatic carbocycles. The lowest BCUT2D eigenvalue weighted by Crippen LogP contribution is -2.57. The van der Waals surface area contributed by atoms with Crippen molar-refractivity contribution in [3.63, 3.8) is 0 Å². The number of piperazine rings is 1. The van der Waals surface area contributed by atoms with Crippen molar-refractivity contribution in [3.8, 4) is 0 Å². The highest BCUT2D eigenvalue weighted by Gasteiger charge is 2.33. The van der Waals surface area contributed by atoms with Gasteiger partial charge in [0.1, 0.15) is 0 Å². The second kappa shape index (κ2) is 8.33. The van der Waals surface area contributed by atoms with Gasteiger partial charge in [0.2, 0.25) is 0 Å². The van der Waals surface area contributed by atoms with Gasteiger partial charge in [0.15, 0.2) is 5.69 Å². The number of carbonyl (C=O) groups is 1. The summed E-state index contributed by atoms with van der Waals surface area (Å²) in [6, 6.07) is -0.0847. The summed E-state index contributed by atoms with van der Waals surface area (Å²) in [6.07, 6.45) is -4.58. The maximum atomic E-state index is 12.5. The summed E-state index contributed by atoms with van der Waals surface area (Å²) >= 11 is 0.944. The third-order valence-electron chi connectivity index (χ3n) is 4.01. The number of alkyl halides is 3. The minimum Gasteiger partial charge on any atom is -0.392 e. The van der Waals surface area contributed by atoms with Gasteiger partial charge in [-0.1, -0.05) is 0 Å². The highest BCUT2D eigenvalue weighted by molar-refractivity contribution is 7.09. The van der Waals surface area contributed by atoms with Crippen LogP contribution in [0.2, 0.25) is 0 Å². The van der Waals surface area contributed by atoms with Gasteiger partial charge in [-0.3, -0.25) is 4.90 Å². The van der Waals surface area contributed by atoms with Gasteiger partial charge in [-0.25, -0.2) is 9.78 Å². The Kier molecular flexibility index (Phi) is 6.64. The van der Waals surface area contributed by atoms with Crippen molar-refractivity contribution in [2.75, 3.05) is 32.7 Å². The highest BCUT2D eigenvalue weighted by atomic mass is 32.1. The van der Waals surface area contributed by atoms with E-state index in [1.807, 2.05) is 6.92 Å². The molecule has 2 unspecified atom stereocenters. The van der Waals surface area contributed by atoms with E-state index in [2.05, 4.69) is 15.2 Å². The number of thiazole rings is 1. The zero-order valence-corrected chi connectivity index (χ0v) is 15.0. The van der Waals surface area contributed by atoms with E-state index >= 15 is 0 Å². The summed E-state index contributed by atoms with van der Waals surface area (Å²) in [5, 5.41) is 13.5. The van der Waals surface area contributed by atoms with Crippen LogP contribution in [0.25, 0.3) is 0 Å². The Hall–Kier alpha value is -1.39. The highest BCUT2D eigenvalue weighted by Crippen LogP contribution is 2.30. The van der Waals surface area contributed by atoms with Crippen LogP contribution in [0.4, 0.5) is 18.0 Å². The zero-order chi connectivity index (χ0) is 18.6. The average molecular weight is 380 g/mol. The Morgan fingerprint density at radius 3 is 2.80 bits per heavy atom. The first-order chi connectivity index (χ1) is 11.7. The predicted molar refractivity (Wildman–Crippen MR) is 88.5 cm³/mol. The first-order valence-corrected chi connectivity index (χ1v) is 9.01. The first-order valence-electron chi connectivity index (χ1n) is 8.13. The number of urea groups is 1. The SMILES string of the molecule is CC(O)CN1CCN(C(=O)NCCc2nc(C(F)(F)F)cs2)CC1C. The number of nitrogens with zero attached hydrogens (tertiary/aromatic N) is 3. The van der Waals surface area contributed by atoms with Crippen molar-refractivity contribution in [1.82, 2.24) is 20.1 Å². The molecule has 0 spiro atoms. The summed E-state index contributed by atoms with van der Waals surface area (Å²) < 4.78 is 37.5. The molecule has 2 amide bonds. The average Bonchev–Trinajstić information content (AvgIpc) is 2.98. The number of rotatable bonds is 5. The standard InChI is InChI=1S/C15H23F3N4O2S/c1-10-7-22(6-5-21(10)8-11(2)23)14(24)19-4-3-13-20-12(9-25-13)15(16,17)18/h9-11,23H,3-8H2,1-2H3,(H,19,24). The van der Waals surface area contributed by atoms with Crippen LogP contribution in [0.1, 0.15) is 24.5 Å². The lowest BCUT2D eigenvalue weighted by molar-refractivity contribution is -0.140. The van der Waals surface area contributed by atoms with E-state index in [0.29, 0.717) is 31.2 Å². The van der Waals surface area contributed by atoms with E-state index in [-0.39, 0.29) is 25.0 Å². The Morgan fingerprint density at radius 2 is 2.24 bits per heavy atom. The minimum absolute atomic E-state index is 0.141. The van der Waals surface area contributed by atoms with E-state index < -0.39 is 18.0 Å². The van der Waals surface area contributed by atoms with Gasteiger partial charge in [0.05, 0.1) is 11.1 Å². The molecule has 1 fully saturated rings. The molecular formula is C15H23F3N4O2S. The van der Waals surface area contributed by atoms with Gasteiger partial charge < -0.3 is 15.3 Å². The van der Waals surface area contributed by atoms with Crippen LogP contribution in [0.3, 0.4) is 0 Å². The first kappa shape index (κ1) is 19.9. The predicted octanol–water partition coefficient (Wildman–Crippen LogP) is 1.80. The topological polar surface area (TPSA) is 68.7 Å². The van der Waals surface area contributed by atoms with Gasteiger partial charge in [0, 0.05) is 50.6 Å². The molecule has 10 heteroatoms. The molecule has 2 rings (SSSR count). The number of hydrogen-bond donors (Lipinski definition) is 2. The van der Waals surface area contributed by atoms with E-state index in [9.17, 15) is 23.1 Å². The van der Waals surface area contributed by atoms with E-state index in [1.54, 1.807) is 11.8 Å². The van der Waals surface area contributed by atoms with Crippen molar-refractivity contribution < 1.29 is 23.1 Å². The fourth-order valence-corrected chi connectivity index (χ4v) is 3.54. The molecule has 142 valence electrons. The summed E-state index contributed by atoms with van der Waals surface area (Å²) in [5.74, 6) is 0. The molecule has 0 saturated carbocycles. The number of halogens is 3. The smallest absolute Gasteiger partial charge is 0.392 e.